The summed E-state index contributed by atoms with van der Waals surface area (Å²) in [5, 5.41) is 13.0. The first-order valence-corrected chi connectivity index (χ1v) is 12.3. The molecule has 1 amide bonds. The lowest BCUT2D eigenvalue weighted by Gasteiger charge is -2.29. The Morgan fingerprint density at radius 2 is 1.73 bits per heavy atom. The molecule has 0 radical (unpaired) electrons. The Labute approximate surface area is 219 Å². The molecule has 1 saturated carbocycles. The predicted octanol–water partition coefficient (Wildman–Crippen LogP) is 4.53. The van der Waals surface area contributed by atoms with E-state index in [1.165, 1.54) is 12.4 Å². The van der Waals surface area contributed by atoms with Crippen LogP contribution in [0.2, 0.25) is 10.0 Å². The van der Waals surface area contributed by atoms with Crippen molar-refractivity contribution in [1.29, 1.82) is 0 Å². The number of ether oxygens (including phenoxy) is 1. The van der Waals surface area contributed by atoms with Crippen LogP contribution in [0.15, 0.2) is 18.6 Å². The average Bonchev–Trinajstić information content (AvgIpc) is 3.52. The molecule has 1 saturated heterocycles. The van der Waals surface area contributed by atoms with Gasteiger partial charge in [-0.2, -0.15) is 18.3 Å². The molecule has 1 unspecified atom stereocenters. The molecule has 2 fully saturated rings. The van der Waals surface area contributed by atoms with Gasteiger partial charge in [0.15, 0.2) is 11.5 Å². The van der Waals surface area contributed by atoms with Crippen LogP contribution in [0, 0.1) is 5.92 Å². The monoisotopic (exact) mass is 562 g/mol. The molecular formula is C23H23Cl2F3N4O5. The van der Waals surface area contributed by atoms with Crippen molar-refractivity contribution < 1.29 is 37.4 Å². The molecule has 1 aliphatic carbocycles. The Morgan fingerprint density at radius 3 is 2.27 bits per heavy atom. The van der Waals surface area contributed by atoms with Crippen LogP contribution in [-0.4, -0.2) is 68.2 Å². The fourth-order valence-electron chi connectivity index (χ4n) is 4.85. The van der Waals surface area contributed by atoms with Gasteiger partial charge in [0.1, 0.15) is 0 Å². The van der Waals surface area contributed by atoms with Crippen molar-refractivity contribution in [2.75, 3.05) is 19.8 Å². The van der Waals surface area contributed by atoms with E-state index in [4.69, 9.17) is 27.9 Å². The van der Waals surface area contributed by atoms with Crippen molar-refractivity contribution in [3.8, 4) is 0 Å². The number of nitrogens with zero attached hydrogens (tertiary/aromatic N) is 4. The van der Waals surface area contributed by atoms with Crippen LogP contribution in [0.25, 0.3) is 0 Å². The minimum Gasteiger partial charge on any atom is -0.481 e. The minimum absolute atomic E-state index is 0.0471. The molecule has 2 aromatic heterocycles. The highest BCUT2D eigenvalue weighted by atomic mass is 35.5. The number of aliphatic carboxylic acids is 1. The predicted molar refractivity (Wildman–Crippen MR) is 125 cm³/mol. The number of pyridine rings is 1. The zero-order valence-electron chi connectivity index (χ0n) is 19.4. The van der Waals surface area contributed by atoms with Gasteiger partial charge in [0.2, 0.25) is 0 Å². The zero-order chi connectivity index (χ0) is 26.9. The van der Waals surface area contributed by atoms with Gasteiger partial charge in [-0.05, 0) is 32.1 Å². The molecule has 0 aromatic carbocycles. The number of carbonyl (C=O) groups is 3. The standard InChI is InChI=1S/C23H23Cl2F3N4O5/c24-16-8-29-9-17(25)19(16)18(33)10-31(14-5-6-37-11-14)21(34)15-7-30-32(20(15)23(26,27)28)13-3-1-12(2-4-13)22(35)36/h7-9,12-14H,1-6,10-11H2,(H,35,36). The average molecular weight is 563 g/mol. The third kappa shape index (κ3) is 5.75. The number of halogens is 5. The molecule has 1 atom stereocenters. The van der Waals surface area contributed by atoms with Crippen molar-refractivity contribution in [3.63, 3.8) is 0 Å². The number of ketones is 1. The van der Waals surface area contributed by atoms with E-state index < -0.39 is 59.6 Å². The summed E-state index contributed by atoms with van der Waals surface area (Å²) in [5.41, 5.74) is -2.01. The van der Waals surface area contributed by atoms with Crippen molar-refractivity contribution in [1.82, 2.24) is 19.7 Å². The SMILES string of the molecule is O=C(CN(C(=O)c1cnn(C2CCC(C(=O)O)CC2)c1C(F)(F)F)C1CCOC1)c1c(Cl)cncc1Cl. The van der Waals surface area contributed by atoms with Crippen LogP contribution >= 0.6 is 23.2 Å². The number of hydrogen-bond acceptors (Lipinski definition) is 6. The largest absolute Gasteiger partial charge is 0.481 e. The number of hydrogen-bond donors (Lipinski definition) is 1. The van der Waals surface area contributed by atoms with E-state index in [-0.39, 0.29) is 54.5 Å². The van der Waals surface area contributed by atoms with E-state index >= 15 is 0 Å². The second kappa shape index (κ2) is 11.0. The van der Waals surface area contributed by atoms with Crippen LogP contribution in [0.1, 0.15) is 64.6 Å². The summed E-state index contributed by atoms with van der Waals surface area (Å²) in [4.78, 5) is 42.7. The lowest BCUT2D eigenvalue weighted by Crippen LogP contribution is -2.44. The van der Waals surface area contributed by atoms with E-state index in [0.29, 0.717) is 6.42 Å². The molecule has 0 bridgehead atoms. The fourth-order valence-corrected chi connectivity index (χ4v) is 5.42. The van der Waals surface area contributed by atoms with Crippen molar-refractivity contribution in [3.05, 3.63) is 45.5 Å². The lowest BCUT2D eigenvalue weighted by atomic mass is 9.86. The van der Waals surface area contributed by atoms with E-state index in [2.05, 4.69) is 10.1 Å². The van der Waals surface area contributed by atoms with Crippen LogP contribution in [0.3, 0.4) is 0 Å². The Balaban J connectivity index is 1.67. The van der Waals surface area contributed by atoms with Gasteiger partial charge in [0, 0.05) is 19.0 Å². The summed E-state index contributed by atoms with van der Waals surface area (Å²) in [6.07, 6.45) is -0.584. The van der Waals surface area contributed by atoms with Crippen LogP contribution in [-0.2, 0) is 15.7 Å². The van der Waals surface area contributed by atoms with Gasteiger partial charge < -0.3 is 14.7 Å². The molecule has 14 heteroatoms. The first-order chi connectivity index (χ1) is 17.5. The third-order valence-corrected chi connectivity index (χ3v) is 7.31. The molecule has 3 heterocycles. The molecule has 0 spiro atoms. The Morgan fingerprint density at radius 1 is 1.08 bits per heavy atom. The molecule has 2 aliphatic rings. The van der Waals surface area contributed by atoms with Crippen LogP contribution < -0.4 is 0 Å². The van der Waals surface area contributed by atoms with Gasteiger partial charge in [-0.15, -0.1) is 0 Å². The zero-order valence-corrected chi connectivity index (χ0v) is 20.9. The summed E-state index contributed by atoms with van der Waals surface area (Å²) in [5.74, 6) is -3.30. The normalized spacial score (nSPS) is 22.1. The Hall–Kier alpha value is -2.70. The number of rotatable bonds is 7. The number of alkyl halides is 3. The highest BCUT2D eigenvalue weighted by Gasteiger charge is 2.44. The highest BCUT2D eigenvalue weighted by Crippen LogP contribution is 2.39. The highest BCUT2D eigenvalue weighted by molar-refractivity contribution is 6.39. The number of amides is 1. The van der Waals surface area contributed by atoms with E-state index in [9.17, 15) is 32.7 Å². The molecule has 2 aromatic rings. The van der Waals surface area contributed by atoms with Gasteiger partial charge in [-0.3, -0.25) is 24.0 Å². The number of Topliss-reactive ketones (excluding diaryl/α,β-unsaturated/α-hetero) is 1. The summed E-state index contributed by atoms with van der Waals surface area (Å²) < 4.78 is 48.9. The third-order valence-electron chi connectivity index (χ3n) is 6.74. The second-order valence-electron chi connectivity index (χ2n) is 9.04. The molecular weight excluding hydrogens is 540 g/mol. The van der Waals surface area contributed by atoms with Crippen molar-refractivity contribution in [2.24, 2.45) is 5.92 Å². The fraction of sp³-hybridized carbons (Fsp3) is 0.522. The van der Waals surface area contributed by atoms with Gasteiger partial charge in [-0.25, -0.2) is 0 Å². The first-order valence-electron chi connectivity index (χ1n) is 11.6. The topological polar surface area (TPSA) is 115 Å². The van der Waals surface area contributed by atoms with E-state index in [1.54, 1.807) is 0 Å². The number of carboxylic acid groups (broad SMARTS) is 1. The molecule has 200 valence electrons. The minimum atomic E-state index is -4.93. The van der Waals surface area contributed by atoms with Gasteiger partial charge >= 0.3 is 12.1 Å². The van der Waals surface area contributed by atoms with E-state index in [0.717, 1.165) is 15.8 Å². The van der Waals surface area contributed by atoms with Crippen LogP contribution in [0.4, 0.5) is 13.2 Å². The number of carboxylic acids is 1. The van der Waals surface area contributed by atoms with Crippen molar-refractivity contribution >= 4 is 40.9 Å². The second-order valence-corrected chi connectivity index (χ2v) is 9.86. The van der Waals surface area contributed by atoms with Gasteiger partial charge in [0.05, 0.1) is 58.5 Å². The Kier molecular flexibility index (Phi) is 8.10. The van der Waals surface area contributed by atoms with Gasteiger partial charge in [-0.1, -0.05) is 23.2 Å². The summed E-state index contributed by atoms with van der Waals surface area (Å²) in [7, 11) is 0. The molecule has 1 N–H and O–H groups in total. The quantitative estimate of drug-likeness (QED) is 0.493. The Bertz CT molecular complexity index is 1170. The molecule has 9 nitrogen and oxygen atoms in total. The van der Waals surface area contributed by atoms with Gasteiger partial charge in [0.25, 0.3) is 5.91 Å². The molecule has 4 rings (SSSR count). The maximum absolute atomic E-state index is 14.3. The number of aromatic nitrogens is 3. The van der Waals surface area contributed by atoms with Crippen molar-refractivity contribution in [2.45, 2.75) is 50.4 Å². The molecule has 1 aliphatic heterocycles. The summed E-state index contributed by atoms with van der Waals surface area (Å²) >= 11 is 12.1. The summed E-state index contributed by atoms with van der Waals surface area (Å²) in [6, 6.07) is -1.36. The smallest absolute Gasteiger partial charge is 0.433 e. The summed E-state index contributed by atoms with van der Waals surface area (Å²) in [6.45, 7) is -0.258. The molecule has 37 heavy (non-hydrogen) atoms. The maximum atomic E-state index is 14.3. The first kappa shape index (κ1) is 27.3. The van der Waals surface area contributed by atoms with Crippen LogP contribution in [0.5, 0.6) is 0 Å². The van der Waals surface area contributed by atoms with E-state index in [1.807, 2.05) is 0 Å². The number of carbonyl (C=O) groups excluding carboxylic acids is 2. The maximum Gasteiger partial charge on any atom is 0.433 e. The lowest BCUT2D eigenvalue weighted by molar-refractivity contribution is -0.147.